The Labute approximate surface area is 139 Å². The van der Waals surface area contributed by atoms with Crippen LogP contribution in [0.1, 0.15) is 12.0 Å². The van der Waals surface area contributed by atoms with E-state index in [-0.39, 0.29) is 11.5 Å². The summed E-state index contributed by atoms with van der Waals surface area (Å²) in [7, 11) is 1.58. The van der Waals surface area contributed by atoms with Gasteiger partial charge in [0.15, 0.2) is 0 Å². The molecule has 24 heavy (non-hydrogen) atoms. The van der Waals surface area contributed by atoms with Crippen LogP contribution in [-0.2, 0) is 11.2 Å². The van der Waals surface area contributed by atoms with E-state index in [0.29, 0.717) is 25.5 Å². The van der Waals surface area contributed by atoms with Gasteiger partial charge >= 0.3 is 5.69 Å². The Morgan fingerprint density at radius 2 is 2.21 bits per heavy atom. The average Bonchev–Trinajstić information content (AvgIpc) is 2.61. The number of methoxy groups -OCH3 is 1. The number of aryl methyl sites for hydroxylation is 1. The van der Waals surface area contributed by atoms with Crippen LogP contribution in [-0.4, -0.2) is 41.7 Å². The molecule has 126 valence electrons. The van der Waals surface area contributed by atoms with E-state index in [0.717, 1.165) is 18.5 Å². The number of nitrogens with zero attached hydrogens (tertiary/aromatic N) is 4. The van der Waals surface area contributed by atoms with Crippen LogP contribution in [0, 0.1) is 10.1 Å². The zero-order chi connectivity index (χ0) is 16.9. The smallest absolute Gasteiger partial charge is 0.353 e. The fourth-order valence-electron chi connectivity index (χ4n) is 2.89. The normalized spacial score (nSPS) is 13.5. The third kappa shape index (κ3) is 3.13. The lowest BCUT2D eigenvalue weighted by atomic mass is 10.0. The van der Waals surface area contributed by atoms with Crippen molar-refractivity contribution in [3.63, 3.8) is 0 Å². The summed E-state index contributed by atoms with van der Waals surface area (Å²) in [6.07, 6.45) is 3.24. The molecule has 1 aromatic carbocycles. The molecule has 0 bridgehead atoms. The van der Waals surface area contributed by atoms with Crippen molar-refractivity contribution in [3.05, 3.63) is 46.3 Å². The number of anilines is 3. The molecule has 0 unspecified atom stereocenters. The molecule has 1 aliphatic rings. The van der Waals surface area contributed by atoms with Crippen molar-refractivity contribution in [1.29, 1.82) is 0 Å². The number of rotatable bonds is 6. The highest BCUT2D eigenvalue weighted by atomic mass is 16.6. The lowest BCUT2D eigenvalue weighted by Crippen LogP contribution is -2.26. The van der Waals surface area contributed by atoms with Crippen LogP contribution < -0.4 is 10.2 Å². The van der Waals surface area contributed by atoms with Crippen LogP contribution in [0.5, 0.6) is 0 Å². The average molecular weight is 329 g/mol. The molecule has 0 saturated carbocycles. The van der Waals surface area contributed by atoms with Gasteiger partial charge in [0, 0.05) is 25.9 Å². The largest absolute Gasteiger partial charge is 0.383 e. The highest BCUT2D eigenvalue weighted by Gasteiger charge is 2.29. The van der Waals surface area contributed by atoms with E-state index in [1.807, 2.05) is 29.2 Å². The maximum absolute atomic E-state index is 11.7. The number of hydrogen-bond donors (Lipinski definition) is 1. The Balaban J connectivity index is 2.02. The summed E-state index contributed by atoms with van der Waals surface area (Å²) >= 11 is 0. The van der Waals surface area contributed by atoms with Gasteiger partial charge in [0.25, 0.3) is 0 Å². The zero-order valence-corrected chi connectivity index (χ0v) is 13.4. The van der Waals surface area contributed by atoms with E-state index in [1.165, 1.54) is 11.9 Å². The van der Waals surface area contributed by atoms with Gasteiger partial charge in [-0.25, -0.2) is 9.97 Å². The monoisotopic (exact) mass is 329 g/mol. The molecule has 0 aliphatic carbocycles. The summed E-state index contributed by atoms with van der Waals surface area (Å²) < 4.78 is 4.97. The van der Waals surface area contributed by atoms with Crippen molar-refractivity contribution in [3.8, 4) is 0 Å². The highest BCUT2D eigenvalue weighted by Crippen LogP contribution is 2.39. The van der Waals surface area contributed by atoms with E-state index in [1.54, 1.807) is 7.11 Å². The molecular weight excluding hydrogens is 310 g/mol. The van der Waals surface area contributed by atoms with Crippen LogP contribution in [0.3, 0.4) is 0 Å². The molecule has 8 heteroatoms. The van der Waals surface area contributed by atoms with Gasteiger partial charge in [-0.05, 0) is 24.5 Å². The fraction of sp³-hybridized carbons (Fsp3) is 0.375. The van der Waals surface area contributed by atoms with Crippen molar-refractivity contribution in [2.24, 2.45) is 0 Å². The summed E-state index contributed by atoms with van der Waals surface area (Å²) in [5.41, 5.74) is 2.03. The maximum Gasteiger partial charge on any atom is 0.353 e. The lowest BCUT2D eigenvalue weighted by molar-refractivity contribution is -0.383. The van der Waals surface area contributed by atoms with Crippen molar-refractivity contribution in [2.45, 2.75) is 12.8 Å². The third-order valence-electron chi connectivity index (χ3n) is 3.95. The Kier molecular flexibility index (Phi) is 4.85. The second kappa shape index (κ2) is 7.22. The van der Waals surface area contributed by atoms with Crippen LogP contribution in [0.2, 0.25) is 0 Å². The molecule has 0 radical (unpaired) electrons. The highest BCUT2D eigenvalue weighted by molar-refractivity contribution is 5.77. The molecular formula is C16H19N5O3. The zero-order valence-electron chi connectivity index (χ0n) is 13.4. The summed E-state index contributed by atoms with van der Waals surface area (Å²) in [4.78, 5) is 21.4. The van der Waals surface area contributed by atoms with E-state index in [4.69, 9.17) is 4.74 Å². The minimum Gasteiger partial charge on any atom is -0.383 e. The number of hydrogen-bond acceptors (Lipinski definition) is 7. The Bertz CT molecular complexity index is 737. The second-order valence-corrected chi connectivity index (χ2v) is 5.46. The topological polar surface area (TPSA) is 93.4 Å². The van der Waals surface area contributed by atoms with Gasteiger partial charge in [0.1, 0.15) is 6.33 Å². The summed E-state index contributed by atoms with van der Waals surface area (Å²) in [6, 6.07) is 7.93. The van der Waals surface area contributed by atoms with E-state index in [2.05, 4.69) is 15.3 Å². The SMILES string of the molecule is COCCNc1ncnc(N2CCCc3ccccc32)c1[N+](=O)[O-]. The van der Waals surface area contributed by atoms with Crippen molar-refractivity contribution in [2.75, 3.05) is 37.0 Å². The maximum atomic E-state index is 11.7. The van der Waals surface area contributed by atoms with Crippen LogP contribution >= 0.6 is 0 Å². The molecule has 8 nitrogen and oxygen atoms in total. The molecule has 1 aliphatic heterocycles. The molecule has 2 aromatic rings. The van der Waals surface area contributed by atoms with E-state index in [9.17, 15) is 10.1 Å². The van der Waals surface area contributed by atoms with Gasteiger partial charge in [-0.2, -0.15) is 0 Å². The Morgan fingerprint density at radius 1 is 1.38 bits per heavy atom. The second-order valence-electron chi connectivity index (χ2n) is 5.46. The Hall–Kier alpha value is -2.74. The number of para-hydroxylation sites is 1. The number of nitro groups is 1. The predicted octanol–water partition coefficient (Wildman–Crippen LogP) is 2.53. The molecule has 0 fully saturated rings. The number of benzene rings is 1. The lowest BCUT2D eigenvalue weighted by Gasteiger charge is -2.30. The predicted molar refractivity (Wildman–Crippen MR) is 90.8 cm³/mol. The standard InChI is InChI=1S/C16H19N5O3/c1-24-10-8-17-15-14(21(22)23)16(19-11-18-15)20-9-4-6-12-5-2-3-7-13(12)20/h2-3,5,7,11H,4,6,8-10H2,1H3,(H,17,18,19). The third-order valence-corrected chi connectivity index (χ3v) is 3.95. The van der Waals surface area contributed by atoms with E-state index >= 15 is 0 Å². The van der Waals surface area contributed by atoms with Crippen LogP contribution in [0.15, 0.2) is 30.6 Å². The van der Waals surface area contributed by atoms with Crippen LogP contribution in [0.4, 0.5) is 23.0 Å². The van der Waals surface area contributed by atoms with Gasteiger partial charge in [0.2, 0.25) is 11.6 Å². The summed E-state index contributed by atoms with van der Waals surface area (Å²) in [5.74, 6) is 0.534. The van der Waals surface area contributed by atoms with E-state index < -0.39 is 4.92 Å². The van der Waals surface area contributed by atoms with Crippen molar-refractivity contribution >= 4 is 23.0 Å². The minimum absolute atomic E-state index is 0.106. The Morgan fingerprint density at radius 3 is 3.00 bits per heavy atom. The first-order valence-corrected chi connectivity index (χ1v) is 7.80. The minimum atomic E-state index is -0.429. The fourth-order valence-corrected chi connectivity index (χ4v) is 2.89. The summed E-state index contributed by atoms with van der Waals surface area (Å²) in [5, 5.41) is 14.6. The van der Waals surface area contributed by atoms with Gasteiger partial charge in [-0.1, -0.05) is 18.2 Å². The van der Waals surface area contributed by atoms with Gasteiger partial charge < -0.3 is 15.0 Å². The summed E-state index contributed by atoms with van der Waals surface area (Å²) in [6.45, 7) is 1.56. The first kappa shape index (κ1) is 16.1. The van der Waals surface area contributed by atoms with Gasteiger partial charge in [-0.15, -0.1) is 0 Å². The van der Waals surface area contributed by atoms with Gasteiger partial charge in [-0.3, -0.25) is 10.1 Å². The molecule has 0 spiro atoms. The first-order chi connectivity index (χ1) is 11.7. The quantitative estimate of drug-likeness (QED) is 0.494. The van der Waals surface area contributed by atoms with Crippen molar-refractivity contribution < 1.29 is 9.66 Å². The molecule has 1 aromatic heterocycles. The molecule has 1 N–H and O–H groups in total. The van der Waals surface area contributed by atoms with Gasteiger partial charge in [0.05, 0.1) is 11.5 Å². The van der Waals surface area contributed by atoms with Crippen molar-refractivity contribution in [1.82, 2.24) is 9.97 Å². The molecule has 3 rings (SSSR count). The molecule has 0 atom stereocenters. The number of aromatic nitrogens is 2. The van der Waals surface area contributed by atoms with Crippen LogP contribution in [0.25, 0.3) is 0 Å². The number of fused-ring (bicyclic) bond motifs is 1. The number of nitrogens with one attached hydrogen (secondary N) is 1. The first-order valence-electron chi connectivity index (χ1n) is 7.80. The molecule has 0 saturated heterocycles. The molecule has 2 heterocycles. The molecule has 0 amide bonds. The number of ether oxygens (including phenoxy) is 1.